The summed E-state index contributed by atoms with van der Waals surface area (Å²) in [5.74, 6) is 0.264. The Kier molecular flexibility index (Phi) is 9.84. The molecule has 1 unspecified atom stereocenters. The Morgan fingerprint density at radius 1 is 1.14 bits per heavy atom. The minimum absolute atomic E-state index is 0.0610. The summed E-state index contributed by atoms with van der Waals surface area (Å²) in [4.78, 5) is 37.2. The molecule has 1 aromatic heterocycles. The van der Waals surface area contributed by atoms with Gasteiger partial charge >= 0.3 is 5.97 Å². The van der Waals surface area contributed by atoms with Crippen LogP contribution in [0.3, 0.4) is 0 Å². The first-order chi connectivity index (χ1) is 17.9. The number of ether oxygens (including phenoxy) is 2. The molecule has 37 heavy (non-hydrogen) atoms. The zero-order valence-electron chi connectivity index (χ0n) is 20.9. The maximum Gasteiger partial charge on any atom is 0.338 e. The Bertz CT molecular complexity index is 1260. The number of amides is 2. The fourth-order valence-corrected chi connectivity index (χ4v) is 4.14. The van der Waals surface area contributed by atoms with Crippen LogP contribution >= 0.6 is 11.8 Å². The number of anilines is 1. The molecule has 1 atom stereocenters. The van der Waals surface area contributed by atoms with E-state index in [1.807, 2.05) is 6.92 Å². The van der Waals surface area contributed by atoms with E-state index in [0.29, 0.717) is 40.1 Å². The van der Waals surface area contributed by atoms with Crippen molar-refractivity contribution in [3.8, 4) is 5.75 Å². The summed E-state index contributed by atoms with van der Waals surface area (Å²) in [5.41, 5.74) is 1.33. The van der Waals surface area contributed by atoms with Gasteiger partial charge in [-0.3, -0.25) is 9.59 Å². The van der Waals surface area contributed by atoms with Crippen molar-refractivity contribution >= 4 is 35.2 Å². The Morgan fingerprint density at radius 2 is 1.89 bits per heavy atom. The second-order valence-electron chi connectivity index (χ2n) is 7.80. The molecule has 0 aliphatic rings. The van der Waals surface area contributed by atoms with Crippen molar-refractivity contribution in [2.45, 2.75) is 31.6 Å². The largest absolute Gasteiger partial charge is 0.497 e. The summed E-state index contributed by atoms with van der Waals surface area (Å²) in [6.45, 7) is 7.99. The minimum Gasteiger partial charge on any atom is -0.497 e. The molecule has 11 heteroatoms. The number of hydrogen-bond donors (Lipinski definition) is 2. The molecule has 0 fully saturated rings. The Balaban J connectivity index is 1.63. The number of benzene rings is 2. The van der Waals surface area contributed by atoms with Crippen molar-refractivity contribution in [2.75, 3.05) is 24.8 Å². The van der Waals surface area contributed by atoms with E-state index >= 15 is 0 Å². The number of esters is 1. The minimum atomic E-state index is -0.453. The highest BCUT2D eigenvalue weighted by Crippen LogP contribution is 2.22. The maximum absolute atomic E-state index is 12.7. The SMILES string of the molecule is C=CCn1c(SCC(=O)Nc2cccc(C(=O)OCC)c2)nnc1C(C)NC(=O)c1ccc(OC)cc1. The second-order valence-corrected chi connectivity index (χ2v) is 8.74. The number of methoxy groups -OCH3 is 1. The molecular weight excluding hydrogens is 494 g/mol. The fraction of sp³-hybridized carbons (Fsp3) is 0.269. The average Bonchev–Trinajstić information content (AvgIpc) is 3.30. The molecule has 0 radical (unpaired) electrons. The van der Waals surface area contributed by atoms with Gasteiger partial charge in [-0.2, -0.15) is 0 Å². The van der Waals surface area contributed by atoms with Crippen LogP contribution in [0.2, 0.25) is 0 Å². The van der Waals surface area contributed by atoms with E-state index in [2.05, 4.69) is 27.4 Å². The average molecular weight is 524 g/mol. The van der Waals surface area contributed by atoms with Crippen molar-refractivity contribution in [3.05, 3.63) is 78.1 Å². The van der Waals surface area contributed by atoms with Crippen molar-refractivity contribution in [3.63, 3.8) is 0 Å². The molecule has 3 aromatic rings. The molecular formula is C26H29N5O5S. The van der Waals surface area contributed by atoms with Crippen LogP contribution in [0, 0.1) is 0 Å². The third-order valence-corrected chi connectivity index (χ3v) is 6.10. The number of nitrogens with one attached hydrogen (secondary N) is 2. The van der Waals surface area contributed by atoms with Crippen molar-refractivity contribution in [2.24, 2.45) is 0 Å². The van der Waals surface area contributed by atoms with Crippen LogP contribution in [0.5, 0.6) is 5.75 Å². The molecule has 0 saturated heterocycles. The van der Waals surface area contributed by atoms with Crippen molar-refractivity contribution in [1.82, 2.24) is 20.1 Å². The number of carbonyl (C=O) groups excluding carboxylic acids is 3. The first kappa shape index (κ1) is 27.5. The lowest BCUT2D eigenvalue weighted by Gasteiger charge is -2.15. The van der Waals surface area contributed by atoms with Crippen LogP contribution in [0.25, 0.3) is 0 Å². The van der Waals surface area contributed by atoms with Crippen molar-refractivity contribution < 1.29 is 23.9 Å². The summed E-state index contributed by atoms with van der Waals surface area (Å²) in [6, 6.07) is 12.9. The summed E-state index contributed by atoms with van der Waals surface area (Å²) in [6.07, 6.45) is 1.69. The highest BCUT2D eigenvalue weighted by Gasteiger charge is 2.20. The summed E-state index contributed by atoms with van der Waals surface area (Å²) < 4.78 is 11.9. The van der Waals surface area contributed by atoms with Gasteiger partial charge in [0.2, 0.25) is 5.91 Å². The monoisotopic (exact) mass is 523 g/mol. The van der Waals surface area contributed by atoms with E-state index < -0.39 is 12.0 Å². The van der Waals surface area contributed by atoms with Crippen LogP contribution in [-0.2, 0) is 16.1 Å². The van der Waals surface area contributed by atoms with Crippen LogP contribution in [0.15, 0.2) is 66.3 Å². The number of allylic oxidation sites excluding steroid dienone is 1. The summed E-state index contributed by atoms with van der Waals surface area (Å²) in [5, 5.41) is 14.7. The zero-order valence-corrected chi connectivity index (χ0v) is 21.7. The Hall–Kier alpha value is -4.12. The maximum atomic E-state index is 12.7. The smallest absolute Gasteiger partial charge is 0.338 e. The molecule has 0 aliphatic heterocycles. The predicted molar refractivity (Wildman–Crippen MR) is 141 cm³/mol. The van der Waals surface area contributed by atoms with Gasteiger partial charge in [0.25, 0.3) is 5.91 Å². The third-order valence-electron chi connectivity index (χ3n) is 5.13. The normalized spacial score (nSPS) is 11.3. The van der Waals surface area contributed by atoms with Gasteiger partial charge in [0.15, 0.2) is 11.0 Å². The molecule has 1 heterocycles. The van der Waals surface area contributed by atoms with E-state index in [1.165, 1.54) is 11.8 Å². The van der Waals surface area contributed by atoms with Crippen molar-refractivity contribution in [1.29, 1.82) is 0 Å². The van der Waals surface area contributed by atoms with E-state index in [-0.39, 0.29) is 24.2 Å². The lowest BCUT2D eigenvalue weighted by atomic mass is 10.2. The van der Waals surface area contributed by atoms with Gasteiger partial charge in [0.05, 0.1) is 31.1 Å². The van der Waals surface area contributed by atoms with Gasteiger partial charge < -0.3 is 24.7 Å². The van der Waals surface area contributed by atoms with Gasteiger partial charge in [-0.25, -0.2) is 4.79 Å². The summed E-state index contributed by atoms with van der Waals surface area (Å²) >= 11 is 1.20. The van der Waals surface area contributed by atoms with E-state index in [9.17, 15) is 14.4 Å². The Labute approximate surface area is 219 Å². The lowest BCUT2D eigenvalue weighted by Crippen LogP contribution is -2.28. The van der Waals surface area contributed by atoms with Gasteiger partial charge in [-0.1, -0.05) is 23.9 Å². The number of nitrogens with zero attached hydrogens (tertiary/aromatic N) is 3. The first-order valence-electron chi connectivity index (χ1n) is 11.5. The molecule has 2 N–H and O–H groups in total. The van der Waals surface area contributed by atoms with Gasteiger partial charge in [0.1, 0.15) is 5.75 Å². The molecule has 10 nitrogen and oxygen atoms in total. The van der Waals surface area contributed by atoms with Gasteiger partial charge in [0, 0.05) is 17.8 Å². The topological polar surface area (TPSA) is 124 Å². The molecule has 0 aliphatic carbocycles. The molecule has 0 bridgehead atoms. The zero-order chi connectivity index (χ0) is 26.8. The van der Waals surface area contributed by atoms with E-state index in [4.69, 9.17) is 9.47 Å². The third kappa shape index (κ3) is 7.43. The molecule has 194 valence electrons. The van der Waals surface area contributed by atoms with E-state index in [0.717, 1.165) is 0 Å². The predicted octanol–water partition coefficient (Wildman–Crippen LogP) is 3.87. The molecule has 0 spiro atoms. The quantitative estimate of drug-likeness (QED) is 0.208. The number of hydrogen-bond acceptors (Lipinski definition) is 8. The second kappa shape index (κ2) is 13.3. The first-order valence-corrected chi connectivity index (χ1v) is 12.5. The number of carbonyl (C=O) groups is 3. The number of aromatic nitrogens is 3. The van der Waals surface area contributed by atoms with Crippen LogP contribution in [0.1, 0.15) is 46.4 Å². The van der Waals surface area contributed by atoms with Gasteiger partial charge in [-0.15, -0.1) is 16.8 Å². The fourth-order valence-electron chi connectivity index (χ4n) is 3.38. The molecule has 2 aromatic carbocycles. The van der Waals surface area contributed by atoms with Crippen LogP contribution < -0.4 is 15.4 Å². The standard InChI is InChI=1S/C26H29N5O5S/c1-5-14-31-23(17(3)27-24(33)18-10-12-21(35-4)13-11-18)29-30-26(31)37-16-22(32)28-20-9-7-8-19(15-20)25(34)36-6-2/h5,7-13,15,17H,1,6,14,16H2,2-4H3,(H,27,33)(H,28,32). The lowest BCUT2D eigenvalue weighted by molar-refractivity contribution is -0.113. The Morgan fingerprint density at radius 3 is 2.57 bits per heavy atom. The molecule has 2 amide bonds. The molecule has 0 saturated carbocycles. The number of thioether (sulfide) groups is 1. The van der Waals surface area contributed by atoms with Crippen LogP contribution in [0.4, 0.5) is 5.69 Å². The molecule has 3 rings (SSSR count). The van der Waals surface area contributed by atoms with E-state index in [1.54, 1.807) is 73.2 Å². The highest BCUT2D eigenvalue weighted by molar-refractivity contribution is 7.99. The summed E-state index contributed by atoms with van der Waals surface area (Å²) in [7, 11) is 1.56. The van der Waals surface area contributed by atoms with Gasteiger partial charge in [-0.05, 0) is 56.3 Å². The van der Waals surface area contributed by atoms with Crippen LogP contribution in [-0.4, -0.2) is 52.0 Å². The number of rotatable bonds is 12. The highest BCUT2D eigenvalue weighted by atomic mass is 32.2.